The minimum atomic E-state index is -0.999. The van der Waals surface area contributed by atoms with Crippen LogP contribution in [0.25, 0.3) is 0 Å². The topological polar surface area (TPSA) is 78.5 Å². The molecule has 2 rings (SSSR count). The molecule has 1 heterocycles. The molecule has 0 aromatic heterocycles. The van der Waals surface area contributed by atoms with Crippen LogP contribution in [0.15, 0.2) is 18.2 Å². The van der Waals surface area contributed by atoms with E-state index in [1.54, 1.807) is 6.92 Å². The summed E-state index contributed by atoms with van der Waals surface area (Å²) >= 11 is 5.66. The molecule has 25 heavy (non-hydrogen) atoms. The smallest absolute Gasteiger partial charge is 0.324 e. The van der Waals surface area contributed by atoms with Gasteiger partial charge in [0.05, 0.1) is 5.02 Å². The van der Waals surface area contributed by atoms with E-state index < -0.39 is 35.7 Å². The van der Waals surface area contributed by atoms with Gasteiger partial charge in [-0.1, -0.05) is 25.4 Å². The number of halogens is 2. The highest BCUT2D eigenvalue weighted by Gasteiger charge is 2.47. The van der Waals surface area contributed by atoms with Crippen molar-refractivity contribution in [3.05, 3.63) is 29.0 Å². The van der Waals surface area contributed by atoms with Crippen molar-refractivity contribution in [1.29, 1.82) is 0 Å². The van der Waals surface area contributed by atoms with Gasteiger partial charge in [-0.05, 0) is 43.9 Å². The van der Waals surface area contributed by atoms with E-state index in [9.17, 15) is 18.8 Å². The molecule has 1 aromatic rings. The van der Waals surface area contributed by atoms with Crippen LogP contribution in [0.3, 0.4) is 0 Å². The van der Waals surface area contributed by atoms with E-state index in [0.717, 1.165) is 17.4 Å². The maximum atomic E-state index is 13.1. The third kappa shape index (κ3) is 4.48. The molecule has 8 heteroatoms. The Balaban J connectivity index is 2.01. The lowest BCUT2D eigenvalue weighted by molar-refractivity contribution is -0.133. The SMILES string of the molecule is CC(C)CC[C@]1(C)NC(=O)N(CC(=O)Nc2ccc(F)c(Cl)c2)C1=O. The van der Waals surface area contributed by atoms with E-state index in [-0.39, 0.29) is 10.7 Å². The largest absolute Gasteiger partial charge is 0.325 e. The molecule has 1 saturated heterocycles. The van der Waals surface area contributed by atoms with Gasteiger partial charge in [-0.2, -0.15) is 0 Å². The van der Waals surface area contributed by atoms with Crippen LogP contribution in [0.5, 0.6) is 0 Å². The number of nitrogens with zero attached hydrogens (tertiary/aromatic N) is 1. The summed E-state index contributed by atoms with van der Waals surface area (Å²) < 4.78 is 13.1. The molecule has 0 radical (unpaired) electrons. The second-order valence-corrected chi connectivity index (χ2v) is 7.17. The van der Waals surface area contributed by atoms with Crippen molar-refractivity contribution in [1.82, 2.24) is 10.2 Å². The van der Waals surface area contributed by atoms with Gasteiger partial charge >= 0.3 is 6.03 Å². The standard InChI is InChI=1S/C17H21ClFN3O3/c1-10(2)6-7-17(3)15(24)22(16(25)21-17)9-14(23)20-11-4-5-13(19)12(18)8-11/h4-5,8,10H,6-7,9H2,1-3H3,(H,20,23)(H,21,25)/t17-/m0/s1. The van der Waals surface area contributed by atoms with Crippen LogP contribution in [0.1, 0.15) is 33.6 Å². The van der Waals surface area contributed by atoms with E-state index >= 15 is 0 Å². The Labute approximate surface area is 150 Å². The van der Waals surface area contributed by atoms with Crippen LogP contribution < -0.4 is 10.6 Å². The number of urea groups is 1. The van der Waals surface area contributed by atoms with Gasteiger partial charge in [-0.15, -0.1) is 0 Å². The first-order valence-corrected chi connectivity index (χ1v) is 8.39. The summed E-state index contributed by atoms with van der Waals surface area (Å²) in [4.78, 5) is 37.6. The molecule has 1 fully saturated rings. The predicted octanol–water partition coefficient (Wildman–Crippen LogP) is 3.16. The molecule has 0 unspecified atom stereocenters. The molecular formula is C17H21ClFN3O3. The molecule has 2 N–H and O–H groups in total. The lowest BCUT2D eigenvalue weighted by atomic mass is 9.92. The highest BCUT2D eigenvalue weighted by atomic mass is 35.5. The molecule has 0 saturated carbocycles. The maximum Gasteiger partial charge on any atom is 0.325 e. The van der Waals surface area contributed by atoms with Gasteiger partial charge < -0.3 is 10.6 Å². The Morgan fingerprint density at radius 1 is 1.40 bits per heavy atom. The summed E-state index contributed by atoms with van der Waals surface area (Å²) in [5.74, 6) is -1.21. The van der Waals surface area contributed by atoms with Crippen LogP contribution in [0, 0.1) is 11.7 Å². The third-order valence-electron chi connectivity index (χ3n) is 4.07. The fourth-order valence-corrected chi connectivity index (χ4v) is 2.74. The molecule has 4 amide bonds. The second-order valence-electron chi connectivity index (χ2n) is 6.76. The minimum absolute atomic E-state index is 0.131. The summed E-state index contributed by atoms with van der Waals surface area (Å²) in [7, 11) is 0. The number of rotatable bonds is 6. The maximum absolute atomic E-state index is 13.1. The van der Waals surface area contributed by atoms with Crippen LogP contribution >= 0.6 is 11.6 Å². The number of carbonyl (C=O) groups excluding carboxylic acids is 3. The van der Waals surface area contributed by atoms with Crippen molar-refractivity contribution in [2.24, 2.45) is 5.92 Å². The van der Waals surface area contributed by atoms with E-state index in [0.29, 0.717) is 12.3 Å². The number of benzene rings is 1. The highest BCUT2D eigenvalue weighted by molar-refractivity contribution is 6.31. The van der Waals surface area contributed by atoms with Crippen molar-refractivity contribution >= 4 is 35.1 Å². The fraction of sp³-hybridized carbons (Fsp3) is 0.471. The van der Waals surface area contributed by atoms with E-state index in [1.807, 2.05) is 13.8 Å². The summed E-state index contributed by atoms with van der Waals surface area (Å²) in [5, 5.41) is 5.02. The fourth-order valence-electron chi connectivity index (χ4n) is 2.56. The summed E-state index contributed by atoms with van der Waals surface area (Å²) in [6, 6.07) is 3.13. The molecule has 0 aliphatic carbocycles. The van der Waals surface area contributed by atoms with Gasteiger partial charge in [-0.3, -0.25) is 14.5 Å². The molecule has 6 nitrogen and oxygen atoms in total. The Morgan fingerprint density at radius 3 is 2.68 bits per heavy atom. The number of carbonyl (C=O) groups is 3. The first-order chi connectivity index (χ1) is 11.6. The summed E-state index contributed by atoms with van der Waals surface area (Å²) in [5.41, 5.74) is -0.716. The van der Waals surface area contributed by atoms with E-state index in [4.69, 9.17) is 11.6 Å². The van der Waals surface area contributed by atoms with Gasteiger partial charge in [0.25, 0.3) is 5.91 Å². The van der Waals surface area contributed by atoms with Crippen molar-refractivity contribution in [2.75, 3.05) is 11.9 Å². The number of hydrogen-bond acceptors (Lipinski definition) is 3. The Morgan fingerprint density at radius 2 is 2.08 bits per heavy atom. The average Bonchev–Trinajstić information content (AvgIpc) is 2.73. The van der Waals surface area contributed by atoms with Crippen molar-refractivity contribution in [3.8, 4) is 0 Å². The van der Waals surface area contributed by atoms with Crippen LogP contribution in [-0.2, 0) is 9.59 Å². The van der Waals surface area contributed by atoms with Crippen LogP contribution in [-0.4, -0.2) is 34.8 Å². The molecule has 0 spiro atoms. The molecular weight excluding hydrogens is 349 g/mol. The normalized spacial score (nSPS) is 20.2. The Hall–Kier alpha value is -2.15. The number of anilines is 1. The first kappa shape index (κ1) is 19.2. The number of imide groups is 1. The van der Waals surface area contributed by atoms with Gasteiger partial charge in [0.2, 0.25) is 5.91 Å². The molecule has 136 valence electrons. The lowest BCUT2D eigenvalue weighted by Gasteiger charge is -2.22. The van der Waals surface area contributed by atoms with Gasteiger partial charge in [0.1, 0.15) is 17.9 Å². The molecule has 0 bridgehead atoms. The van der Waals surface area contributed by atoms with Gasteiger partial charge in [-0.25, -0.2) is 9.18 Å². The van der Waals surface area contributed by atoms with Gasteiger partial charge in [0.15, 0.2) is 0 Å². The van der Waals surface area contributed by atoms with Crippen molar-refractivity contribution in [2.45, 2.75) is 39.2 Å². The Bertz CT molecular complexity index is 710. The zero-order valence-corrected chi connectivity index (χ0v) is 15.1. The summed E-state index contributed by atoms with van der Waals surface area (Å²) in [6.07, 6.45) is 1.28. The highest BCUT2D eigenvalue weighted by Crippen LogP contribution is 2.25. The van der Waals surface area contributed by atoms with E-state index in [2.05, 4.69) is 10.6 Å². The quantitative estimate of drug-likeness (QED) is 0.756. The zero-order valence-electron chi connectivity index (χ0n) is 14.4. The second kappa shape index (κ2) is 7.39. The van der Waals surface area contributed by atoms with Crippen LogP contribution in [0.2, 0.25) is 5.02 Å². The average molecular weight is 370 g/mol. The Kier molecular flexibility index (Phi) is 5.67. The third-order valence-corrected chi connectivity index (χ3v) is 4.36. The van der Waals surface area contributed by atoms with Crippen molar-refractivity contribution < 1.29 is 18.8 Å². The molecule has 1 aliphatic rings. The number of hydrogen-bond donors (Lipinski definition) is 2. The number of nitrogens with one attached hydrogen (secondary N) is 2. The predicted molar refractivity (Wildman–Crippen MR) is 92.8 cm³/mol. The van der Waals surface area contributed by atoms with E-state index in [1.165, 1.54) is 12.1 Å². The first-order valence-electron chi connectivity index (χ1n) is 8.01. The monoisotopic (exact) mass is 369 g/mol. The van der Waals surface area contributed by atoms with Gasteiger partial charge in [0, 0.05) is 5.69 Å². The number of amides is 4. The molecule has 1 aromatic carbocycles. The lowest BCUT2D eigenvalue weighted by Crippen LogP contribution is -2.44. The molecule has 1 atom stereocenters. The summed E-state index contributed by atoms with van der Waals surface area (Å²) in [6.45, 7) is 5.30. The van der Waals surface area contributed by atoms with Crippen LogP contribution in [0.4, 0.5) is 14.9 Å². The van der Waals surface area contributed by atoms with Crippen molar-refractivity contribution in [3.63, 3.8) is 0 Å². The zero-order chi connectivity index (χ0) is 18.8. The molecule has 1 aliphatic heterocycles. The minimum Gasteiger partial charge on any atom is -0.324 e.